The van der Waals surface area contributed by atoms with Gasteiger partial charge in [-0.3, -0.25) is 9.69 Å². The Kier molecular flexibility index (Phi) is 5.67. The fraction of sp³-hybridized carbons (Fsp3) is 0.105. The van der Waals surface area contributed by atoms with Gasteiger partial charge in [0, 0.05) is 0 Å². The summed E-state index contributed by atoms with van der Waals surface area (Å²) >= 11 is 13.5. The number of aryl methyl sites for hydroxylation is 1. The molecule has 0 fully saturated rings. The van der Waals surface area contributed by atoms with E-state index in [4.69, 9.17) is 28.5 Å². The van der Waals surface area contributed by atoms with Gasteiger partial charge < -0.3 is 0 Å². The van der Waals surface area contributed by atoms with E-state index in [0.717, 1.165) is 5.56 Å². The molecule has 2 aromatic carbocycles. The van der Waals surface area contributed by atoms with Gasteiger partial charge in [0.25, 0.3) is 5.91 Å². The highest BCUT2D eigenvalue weighted by Crippen LogP contribution is 2.32. The van der Waals surface area contributed by atoms with Gasteiger partial charge in [-0.15, -0.1) is 0 Å². The monoisotopic (exact) mass is 401 g/mol. The lowest BCUT2D eigenvalue weighted by Crippen LogP contribution is -2.30. The highest BCUT2D eigenvalue weighted by Gasteiger charge is 2.32. The second-order valence-corrected chi connectivity index (χ2v) is 7.22. The molecule has 1 aliphatic rings. The molecule has 0 N–H and O–H groups in total. The molecular formula is C19H13Cl2N3OS. The lowest BCUT2D eigenvalue weighted by atomic mass is 10.2. The Morgan fingerprint density at radius 2 is 1.96 bits per heavy atom. The van der Waals surface area contributed by atoms with E-state index in [1.165, 1.54) is 16.7 Å². The first kappa shape index (κ1) is 18.5. The number of nitrogens with zero attached hydrogens (tertiary/aromatic N) is 3. The summed E-state index contributed by atoms with van der Waals surface area (Å²) in [6.45, 7) is 1.97. The van der Waals surface area contributed by atoms with Crippen LogP contribution in [0.15, 0.2) is 53.2 Å². The number of hydrogen-bond donors (Lipinski definition) is 0. The lowest BCUT2D eigenvalue weighted by Gasteiger charge is -2.17. The maximum Gasteiger partial charge on any atom is 0.283 e. The van der Waals surface area contributed by atoms with Crippen LogP contribution < -0.4 is 4.90 Å². The Balaban J connectivity index is 2.02. The van der Waals surface area contributed by atoms with Crippen molar-refractivity contribution in [1.82, 2.24) is 0 Å². The Morgan fingerprint density at radius 1 is 1.23 bits per heavy atom. The minimum atomic E-state index is -0.273. The maximum atomic E-state index is 12.9. The van der Waals surface area contributed by atoms with E-state index in [1.54, 1.807) is 24.3 Å². The van der Waals surface area contributed by atoms with E-state index < -0.39 is 0 Å². The maximum absolute atomic E-state index is 12.9. The molecule has 0 unspecified atom stereocenters. The number of amidine groups is 1. The summed E-state index contributed by atoms with van der Waals surface area (Å²) in [4.78, 5) is 18.9. The van der Waals surface area contributed by atoms with Crippen molar-refractivity contribution in [2.75, 3.05) is 10.7 Å². The third kappa shape index (κ3) is 3.78. The van der Waals surface area contributed by atoms with E-state index in [1.807, 2.05) is 31.2 Å². The molecule has 0 saturated carbocycles. The molecule has 0 aromatic heterocycles. The molecule has 0 radical (unpaired) electrons. The molecule has 1 amide bonds. The van der Waals surface area contributed by atoms with Gasteiger partial charge in [-0.05, 0) is 36.8 Å². The first-order valence-electron chi connectivity index (χ1n) is 7.66. The van der Waals surface area contributed by atoms with Crippen molar-refractivity contribution in [3.63, 3.8) is 0 Å². The van der Waals surface area contributed by atoms with Crippen LogP contribution >= 0.6 is 35.0 Å². The van der Waals surface area contributed by atoms with Gasteiger partial charge in [-0.1, -0.05) is 64.8 Å². The summed E-state index contributed by atoms with van der Waals surface area (Å²) in [5.41, 5.74) is 2.65. The topological polar surface area (TPSA) is 56.5 Å². The van der Waals surface area contributed by atoms with E-state index >= 15 is 0 Å². The van der Waals surface area contributed by atoms with Crippen molar-refractivity contribution in [2.24, 2.45) is 4.99 Å². The normalized spacial score (nSPS) is 15.3. The number of nitriles is 1. The number of aliphatic imine (C=N–C) groups is 1. The standard InChI is InChI=1S/C19H13Cl2N3OS/c1-12-5-7-14(8-6-12)24-18(25)16(23-19(24)26-10-9-22)11-13-3-2-4-15(20)17(13)21/h2-8,11H,10H2,1H3. The van der Waals surface area contributed by atoms with Gasteiger partial charge in [-0.2, -0.15) is 5.26 Å². The Morgan fingerprint density at radius 3 is 2.65 bits per heavy atom. The van der Waals surface area contributed by atoms with Crippen molar-refractivity contribution in [3.8, 4) is 6.07 Å². The van der Waals surface area contributed by atoms with Crippen molar-refractivity contribution < 1.29 is 4.79 Å². The van der Waals surface area contributed by atoms with Gasteiger partial charge in [0.05, 0.1) is 27.6 Å². The summed E-state index contributed by atoms with van der Waals surface area (Å²) < 4.78 is 0. The minimum absolute atomic E-state index is 0.194. The molecule has 0 bridgehead atoms. The second-order valence-electron chi connectivity index (χ2n) is 5.49. The number of anilines is 1. The Bertz CT molecular complexity index is 962. The van der Waals surface area contributed by atoms with E-state index in [9.17, 15) is 4.79 Å². The van der Waals surface area contributed by atoms with Crippen LogP contribution in [0.4, 0.5) is 5.69 Å². The highest BCUT2D eigenvalue weighted by atomic mass is 35.5. The largest absolute Gasteiger partial charge is 0.283 e. The molecule has 7 heteroatoms. The fourth-order valence-electron chi connectivity index (χ4n) is 2.39. The van der Waals surface area contributed by atoms with Crippen LogP contribution in [0.5, 0.6) is 0 Å². The number of carbonyl (C=O) groups excluding carboxylic acids is 1. The van der Waals surface area contributed by atoms with Gasteiger partial charge in [0.15, 0.2) is 5.17 Å². The van der Waals surface area contributed by atoms with Crippen LogP contribution in [0, 0.1) is 18.3 Å². The molecule has 26 heavy (non-hydrogen) atoms. The molecule has 2 aromatic rings. The molecule has 0 aliphatic carbocycles. The van der Waals surface area contributed by atoms with Gasteiger partial charge >= 0.3 is 0 Å². The van der Waals surface area contributed by atoms with Gasteiger partial charge in [-0.25, -0.2) is 4.99 Å². The quantitative estimate of drug-likeness (QED) is 0.655. The van der Waals surface area contributed by atoms with Gasteiger partial charge in [0.1, 0.15) is 5.70 Å². The van der Waals surface area contributed by atoms with E-state index in [0.29, 0.717) is 26.5 Å². The summed E-state index contributed by atoms with van der Waals surface area (Å²) in [5.74, 6) is -0.0787. The zero-order valence-corrected chi connectivity index (χ0v) is 16.1. The van der Waals surface area contributed by atoms with Crippen molar-refractivity contribution >= 4 is 57.8 Å². The number of amides is 1. The minimum Gasteiger partial charge on any atom is -0.266 e. The van der Waals surface area contributed by atoms with Crippen LogP contribution in [0.1, 0.15) is 11.1 Å². The van der Waals surface area contributed by atoms with Gasteiger partial charge in [0.2, 0.25) is 0 Å². The Labute approximate surface area is 165 Å². The molecule has 3 rings (SSSR count). The molecule has 0 saturated heterocycles. The lowest BCUT2D eigenvalue weighted by molar-refractivity contribution is -0.113. The predicted molar refractivity (Wildman–Crippen MR) is 109 cm³/mol. The average Bonchev–Trinajstić information content (AvgIpc) is 2.93. The highest BCUT2D eigenvalue weighted by molar-refractivity contribution is 8.14. The predicted octanol–water partition coefficient (Wildman–Crippen LogP) is 5.30. The van der Waals surface area contributed by atoms with Crippen LogP contribution in [0.2, 0.25) is 10.0 Å². The van der Waals surface area contributed by atoms with Crippen LogP contribution in [0.3, 0.4) is 0 Å². The smallest absolute Gasteiger partial charge is 0.266 e. The van der Waals surface area contributed by atoms with Crippen molar-refractivity contribution in [1.29, 1.82) is 5.26 Å². The molecule has 0 atom stereocenters. The van der Waals surface area contributed by atoms with E-state index in [-0.39, 0.29) is 17.4 Å². The molecule has 0 spiro atoms. The molecular weight excluding hydrogens is 389 g/mol. The summed E-state index contributed by atoms with van der Waals surface area (Å²) in [6.07, 6.45) is 1.61. The number of rotatable bonds is 3. The molecule has 4 nitrogen and oxygen atoms in total. The Hall–Kier alpha value is -2.26. The molecule has 1 aliphatic heterocycles. The number of hydrogen-bond acceptors (Lipinski definition) is 4. The summed E-state index contributed by atoms with van der Waals surface area (Å²) in [5, 5.41) is 10.1. The van der Waals surface area contributed by atoms with Crippen LogP contribution in [-0.2, 0) is 4.79 Å². The fourth-order valence-corrected chi connectivity index (χ4v) is 3.43. The SMILES string of the molecule is Cc1ccc(N2C(=O)C(=Cc3cccc(Cl)c3Cl)N=C2SCC#N)cc1. The molecule has 130 valence electrons. The van der Waals surface area contributed by atoms with Crippen molar-refractivity contribution in [2.45, 2.75) is 6.92 Å². The summed E-state index contributed by atoms with van der Waals surface area (Å²) in [7, 11) is 0. The first-order chi connectivity index (χ1) is 12.5. The molecule has 1 heterocycles. The summed E-state index contributed by atoms with van der Waals surface area (Å²) in [6, 6.07) is 14.8. The second kappa shape index (κ2) is 7.96. The van der Waals surface area contributed by atoms with Crippen LogP contribution in [-0.4, -0.2) is 16.8 Å². The zero-order chi connectivity index (χ0) is 18.7. The number of benzene rings is 2. The first-order valence-corrected chi connectivity index (χ1v) is 9.40. The number of carbonyl (C=O) groups is 1. The third-order valence-electron chi connectivity index (χ3n) is 3.66. The number of halogens is 2. The number of thioether (sulfide) groups is 1. The van der Waals surface area contributed by atoms with E-state index in [2.05, 4.69) is 11.1 Å². The zero-order valence-electron chi connectivity index (χ0n) is 13.7. The average molecular weight is 402 g/mol. The van der Waals surface area contributed by atoms with Crippen LogP contribution in [0.25, 0.3) is 6.08 Å². The third-order valence-corrected chi connectivity index (χ3v) is 5.30. The van der Waals surface area contributed by atoms with Crippen molar-refractivity contribution in [3.05, 3.63) is 69.3 Å².